The van der Waals surface area contributed by atoms with Gasteiger partial charge in [0.2, 0.25) is 10.0 Å². The Kier molecular flexibility index (Phi) is 6.34. The largest absolute Gasteiger partial charge is 0.494 e. The van der Waals surface area contributed by atoms with Gasteiger partial charge < -0.3 is 4.74 Å². The van der Waals surface area contributed by atoms with Crippen molar-refractivity contribution in [2.45, 2.75) is 18.0 Å². The van der Waals surface area contributed by atoms with Crippen LogP contribution in [-0.4, -0.2) is 19.8 Å². The molecule has 0 atom stereocenters. The molecule has 0 aliphatic carbocycles. The van der Waals surface area contributed by atoms with E-state index >= 15 is 0 Å². The average molecular weight is 420 g/mol. The molecule has 0 saturated heterocycles. The molecule has 0 amide bonds. The minimum atomic E-state index is -3.85. The van der Waals surface area contributed by atoms with Crippen LogP contribution in [0.1, 0.15) is 11.1 Å². The monoisotopic (exact) mass is 419 g/mol. The topological polar surface area (TPSA) is 46.6 Å². The number of hydrogen-bond donors (Lipinski definition) is 0. The third-order valence-electron chi connectivity index (χ3n) is 4.21. The van der Waals surface area contributed by atoms with E-state index in [4.69, 9.17) is 16.3 Å². The molecule has 0 aromatic heterocycles. The zero-order chi connectivity index (χ0) is 20.1. The second-order valence-electron chi connectivity index (χ2n) is 6.18. The van der Waals surface area contributed by atoms with E-state index in [0.717, 1.165) is 5.56 Å². The molecule has 28 heavy (non-hydrogen) atoms. The van der Waals surface area contributed by atoms with Crippen molar-refractivity contribution >= 4 is 21.6 Å². The summed E-state index contributed by atoms with van der Waals surface area (Å²) in [5.74, 6) is -0.434. The van der Waals surface area contributed by atoms with Gasteiger partial charge in [0.15, 0.2) is 11.6 Å². The summed E-state index contributed by atoms with van der Waals surface area (Å²) in [5.41, 5.74) is 1.34. The van der Waals surface area contributed by atoms with Gasteiger partial charge in [-0.2, -0.15) is 4.31 Å². The SMILES string of the molecule is COc1ccc(CN(Cc2ccccc2)S(=O)(=O)c2cccc(Cl)c2)cc1F. The van der Waals surface area contributed by atoms with Crippen LogP contribution in [0.25, 0.3) is 0 Å². The lowest BCUT2D eigenvalue weighted by molar-refractivity contribution is 0.382. The van der Waals surface area contributed by atoms with E-state index in [1.807, 2.05) is 30.3 Å². The van der Waals surface area contributed by atoms with Crippen molar-refractivity contribution in [3.8, 4) is 5.75 Å². The van der Waals surface area contributed by atoms with Crippen LogP contribution >= 0.6 is 11.6 Å². The molecule has 4 nitrogen and oxygen atoms in total. The predicted octanol–water partition coefficient (Wildman–Crippen LogP) is 4.88. The molecular formula is C21H19ClFNO3S. The molecule has 0 aliphatic heterocycles. The van der Waals surface area contributed by atoms with Gasteiger partial charge in [-0.25, -0.2) is 12.8 Å². The fraction of sp³-hybridized carbons (Fsp3) is 0.143. The standard InChI is InChI=1S/C21H19ClFNO3S/c1-27-21-11-10-17(12-20(21)23)15-24(14-16-6-3-2-4-7-16)28(25,26)19-9-5-8-18(22)13-19/h2-13H,14-15H2,1H3. The Bertz CT molecular complexity index is 1060. The fourth-order valence-corrected chi connectivity index (χ4v) is 4.52. The van der Waals surface area contributed by atoms with Crippen LogP contribution in [0.5, 0.6) is 5.75 Å². The van der Waals surface area contributed by atoms with Gasteiger partial charge in [0, 0.05) is 18.1 Å². The molecule has 0 saturated carbocycles. The quantitative estimate of drug-likeness (QED) is 0.548. The number of nitrogens with zero attached hydrogens (tertiary/aromatic N) is 1. The van der Waals surface area contributed by atoms with E-state index in [1.54, 1.807) is 18.2 Å². The van der Waals surface area contributed by atoms with Gasteiger partial charge in [-0.1, -0.05) is 54.1 Å². The Balaban J connectivity index is 1.98. The molecule has 0 heterocycles. The summed E-state index contributed by atoms with van der Waals surface area (Å²) in [5, 5.41) is 0.330. The zero-order valence-corrected chi connectivity index (χ0v) is 16.8. The van der Waals surface area contributed by atoms with Gasteiger partial charge in [0.1, 0.15) is 0 Å². The van der Waals surface area contributed by atoms with Crippen molar-refractivity contribution in [2.24, 2.45) is 0 Å². The lowest BCUT2D eigenvalue weighted by atomic mass is 10.2. The highest BCUT2D eigenvalue weighted by atomic mass is 35.5. The second-order valence-corrected chi connectivity index (χ2v) is 8.56. The van der Waals surface area contributed by atoms with Gasteiger partial charge in [-0.15, -0.1) is 0 Å². The normalized spacial score (nSPS) is 11.6. The summed E-state index contributed by atoms with van der Waals surface area (Å²) in [6.07, 6.45) is 0. The van der Waals surface area contributed by atoms with Gasteiger partial charge in [-0.3, -0.25) is 0 Å². The number of methoxy groups -OCH3 is 1. The third-order valence-corrected chi connectivity index (χ3v) is 6.23. The van der Waals surface area contributed by atoms with E-state index in [2.05, 4.69) is 0 Å². The minimum Gasteiger partial charge on any atom is -0.494 e. The molecule has 3 aromatic carbocycles. The number of sulfonamides is 1. The van der Waals surface area contributed by atoms with E-state index in [0.29, 0.717) is 10.6 Å². The van der Waals surface area contributed by atoms with Crippen molar-refractivity contribution in [3.63, 3.8) is 0 Å². The maximum atomic E-state index is 14.1. The first kappa shape index (κ1) is 20.3. The van der Waals surface area contributed by atoms with Crippen LogP contribution in [0.4, 0.5) is 4.39 Å². The molecule has 0 spiro atoms. The number of benzene rings is 3. The van der Waals surface area contributed by atoms with Gasteiger partial charge in [0.05, 0.1) is 12.0 Å². The molecule has 0 unspecified atom stereocenters. The third kappa shape index (κ3) is 4.70. The summed E-state index contributed by atoms with van der Waals surface area (Å²) in [4.78, 5) is 0.0879. The number of ether oxygens (including phenoxy) is 1. The molecule has 3 rings (SSSR count). The predicted molar refractivity (Wildman–Crippen MR) is 107 cm³/mol. The molecule has 0 bridgehead atoms. The van der Waals surface area contributed by atoms with Crippen molar-refractivity contribution < 1.29 is 17.5 Å². The Morgan fingerprint density at radius 1 is 0.929 bits per heavy atom. The van der Waals surface area contributed by atoms with Crippen LogP contribution in [0.15, 0.2) is 77.7 Å². The second kappa shape index (κ2) is 8.73. The first-order valence-corrected chi connectivity index (χ1v) is 10.3. The highest BCUT2D eigenvalue weighted by molar-refractivity contribution is 7.89. The van der Waals surface area contributed by atoms with Crippen LogP contribution < -0.4 is 4.74 Å². The van der Waals surface area contributed by atoms with Crippen molar-refractivity contribution in [2.75, 3.05) is 7.11 Å². The van der Waals surface area contributed by atoms with E-state index in [-0.39, 0.29) is 23.7 Å². The number of hydrogen-bond acceptors (Lipinski definition) is 3. The summed E-state index contributed by atoms with van der Waals surface area (Å²) >= 11 is 5.98. The smallest absolute Gasteiger partial charge is 0.243 e. The molecule has 0 N–H and O–H groups in total. The lowest BCUT2D eigenvalue weighted by Gasteiger charge is -2.23. The van der Waals surface area contributed by atoms with Crippen molar-refractivity contribution in [1.29, 1.82) is 0 Å². The van der Waals surface area contributed by atoms with Crippen LogP contribution in [0, 0.1) is 5.82 Å². The Labute approximate surface area is 169 Å². The van der Waals surface area contributed by atoms with Crippen LogP contribution in [0.2, 0.25) is 5.02 Å². The average Bonchev–Trinajstić information content (AvgIpc) is 2.68. The Hall–Kier alpha value is -2.41. The van der Waals surface area contributed by atoms with Gasteiger partial charge in [-0.05, 0) is 41.5 Å². The minimum absolute atomic E-state index is 0.00462. The molecule has 0 radical (unpaired) electrons. The fourth-order valence-electron chi connectivity index (χ4n) is 2.80. The Morgan fingerprint density at radius 2 is 1.64 bits per heavy atom. The Morgan fingerprint density at radius 3 is 2.29 bits per heavy atom. The summed E-state index contributed by atoms with van der Waals surface area (Å²) in [6, 6.07) is 19.7. The van der Waals surface area contributed by atoms with Crippen LogP contribution in [0.3, 0.4) is 0 Å². The molecule has 0 aliphatic rings. The number of halogens is 2. The van der Waals surface area contributed by atoms with E-state index in [9.17, 15) is 12.8 Å². The summed E-state index contributed by atoms with van der Waals surface area (Å²) in [6.45, 7) is 0.147. The van der Waals surface area contributed by atoms with E-state index in [1.165, 1.54) is 35.7 Å². The summed E-state index contributed by atoms with van der Waals surface area (Å²) < 4.78 is 46.8. The maximum absolute atomic E-state index is 14.1. The first-order chi connectivity index (χ1) is 13.4. The van der Waals surface area contributed by atoms with Gasteiger partial charge >= 0.3 is 0 Å². The summed E-state index contributed by atoms with van der Waals surface area (Å²) in [7, 11) is -2.47. The highest BCUT2D eigenvalue weighted by Gasteiger charge is 2.25. The zero-order valence-electron chi connectivity index (χ0n) is 15.2. The first-order valence-electron chi connectivity index (χ1n) is 8.52. The van der Waals surface area contributed by atoms with E-state index < -0.39 is 15.8 Å². The van der Waals surface area contributed by atoms with Crippen LogP contribution in [-0.2, 0) is 23.1 Å². The number of rotatable bonds is 7. The molecule has 3 aromatic rings. The molecule has 0 fully saturated rings. The maximum Gasteiger partial charge on any atom is 0.243 e. The van der Waals surface area contributed by atoms with Crippen molar-refractivity contribution in [3.05, 3.63) is 94.8 Å². The lowest BCUT2D eigenvalue weighted by Crippen LogP contribution is -2.30. The molecule has 7 heteroatoms. The molecule has 146 valence electrons. The van der Waals surface area contributed by atoms with Crippen molar-refractivity contribution in [1.82, 2.24) is 4.31 Å². The van der Waals surface area contributed by atoms with Gasteiger partial charge in [0.25, 0.3) is 0 Å². The highest BCUT2D eigenvalue weighted by Crippen LogP contribution is 2.25. The molecular weight excluding hydrogens is 401 g/mol.